The summed E-state index contributed by atoms with van der Waals surface area (Å²) in [6, 6.07) is 16.0. The maximum Gasteiger partial charge on any atom is 0.247 e. The average molecular weight is 512 g/mol. The van der Waals surface area contributed by atoms with E-state index in [2.05, 4.69) is 51.2 Å². The van der Waals surface area contributed by atoms with Crippen LogP contribution in [0.2, 0.25) is 0 Å². The maximum absolute atomic E-state index is 11.7. The van der Waals surface area contributed by atoms with Crippen LogP contribution in [0.4, 0.5) is 23.0 Å². The second kappa shape index (κ2) is 11.4. The molecule has 5 rings (SSSR count). The molecular formula is C29H33N7O2. The van der Waals surface area contributed by atoms with E-state index in [1.165, 1.54) is 6.08 Å². The third-order valence-electron chi connectivity index (χ3n) is 6.83. The predicted octanol–water partition coefficient (Wildman–Crippen LogP) is 4.37. The molecule has 0 spiro atoms. The van der Waals surface area contributed by atoms with Gasteiger partial charge in [0.1, 0.15) is 11.4 Å². The lowest BCUT2D eigenvalue weighted by Crippen LogP contribution is -2.44. The van der Waals surface area contributed by atoms with Crippen molar-refractivity contribution >= 4 is 40.0 Å². The van der Waals surface area contributed by atoms with Crippen molar-refractivity contribution in [3.8, 4) is 5.75 Å². The lowest BCUT2D eigenvalue weighted by atomic mass is 10.1. The minimum absolute atomic E-state index is 0.227. The molecule has 9 nitrogen and oxygen atoms in total. The number of carbonyl (C=O) groups excluding carboxylic acids is 1. The Labute approximate surface area is 222 Å². The summed E-state index contributed by atoms with van der Waals surface area (Å²) in [5.74, 6) is 1.03. The third-order valence-corrected chi connectivity index (χ3v) is 6.83. The average Bonchev–Trinajstić information content (AvgIpc) is 3.41. The van der Waals surface area contributed by atoms with Crippen LogP contribution < -0.4 is 20.3 Å². The number of nitrogens with zero attached hydrogens (tertiary/aromatic N) is 4. The van der Waals surface area contributed by atoms with E-state index >= 15 is 0 Å². The first kappa shape index (κ1) is 25.3. The number of fused-ring (bicyclic) bond motifs is 1. The van der Waals surface area contributed by atoms with Gasteiger partial charge >= 0.3 is 0 Å². The van der Waals surface area contributed by atoms with Crippen LogP contribution in [0.1, 0.15) is 11.3 Å². The number of anilines is 4. The van der Waals surface area contributed by atoms with Crippen molar-refractivity contribution < 1.29 is 9.53 Å². The van der Waals surface area contributed by atoms with Crippen LogP contribution in [0.5, 0.6) is 5.75 Å². The van der Waals surface area contributed by atoms with Gasteiger partial charge in [0.05, 0.1) is 18.5 Å². The molecule has 4 aromatic rings. The van der Waals surface area contributed by atoms with Crippen LogP contribution in [-0.4, -0.2) is 66.1 Å². The highest BCUT2D eigenvalue weighted by atomic mass is 16.5. The number of hydrogen-bond donors (Lipinski definition) is 3. The van der Waals surface area contributed by atoms with Crippen molar-refractivity contribution in [2.24, 2.45) is 0 Å². The highest BCUT2D eigenvalue weighted by Crippen LogP contribution is 2.32. The molecule has 0 aliphatic carbocycles. The number of amides is 1. The number of aromatic nitrogens is 3. The molecule has 1 fully saturated rings. The second-order valence-electron chi connectivity index (χ2n) is 9.43. The van der Waals surface area contributed by atoms with E-state index in [1.54, 1.807) is 7.11 Å². The molecule has 3 N–H and O–H groups in total. The Bertz CT molecular complexity index is 1440. The number of carbonyl (C=O) groups is 1. The van der Waals surface area contributed by atoms with Gasteiger partial charge in [0, 0.05) is 55.2 Å². The zero-order valence-corrected chi connectivity index (χ0v) is 21.8. The monoisotopic (exact) mass is 511 g/mol. The topological polar surface area (TPSA) is 98.4 Å². The lowest BCUT2D eigenvalue weighted by Gasteiger charge is -2.34. The van der Waals surface area contributed by atoms with Gasteiger partial charge in [-0.15, -0.1) is 0 Å². The van der Waals surface area contributed by atoms with Crippen molar-refractivity contribution in [2.75, 3.05) is 55.9 Å². The molecule has 2 aromatic carbocycles. The number of nitrogens with one attached hydrogen (secondary N) is 3. The quantitative estimate of drug-likeness (QED) is 0.287. The number of aryl methyl sites for hydroxylation is 2. The lowest BCUT2D eigenvalue weighted by molar-refractivity contribution is -0.111. The molecule has 0 atom stereocenters. The summed E-state index contributed by atoms with van der Waals surface area (Å²) in [4.78, 5) is 29.2. The molecule has 1 aliphatic heterocycles. The largest absolute Gasteiger partial charge is 0.494 e. The number of ether oxygens (including phenoxy) is 1. The summed E-state index contributed by atoms with van der Waals surface area (Å²) in [5, 5.41) is 7.17. The fourth-order valence-electron chi connectivity index (χ4n) is 4.68. The van der Waals surface area contributed by atoms with Gasteiger partial charge < -0.3 is 30.2 Å². The van der Waals surface area contributed by atoms with Gasteiger partial charge in [-0.05, 0) is 61.9 Å². The Morgan fingerprint density at radius 3 is 2.74 bits per heavy atom. The van der Waals surface area contributed by atoms with E-state index in [4.69, 9.17) is 14.7 Å². The number of hydrogen-bond acceptors (Lipinski definition) is 7. The molecule has 2 aromatic heterocycles. The minimum Gasteiger partial charge on any atom is -0.494 e. The van der Waals surface area contributed by atoms with Crippen molar-refractivity contribution in [3.63, 3.8) is 0 Å². The number of methoxy groups -OCH3 is 1. The minimum atomic E-state index is -0.227. The van der Waals surface area contributed by atoms with Crippen molar-refractivity contribution in [2.45, 2.75) is 12.8 Å². The Hall–Kier alpha value is -4.37. The number of aromatic amines is 1. The van der Waals surface area contributed by atoms with Gasteiger partial charge in [-0.1, -0.05) is 18.7 Å². The Kier molecular flexibility index (Phi) is 7.55. The maximum atomic E-state index is 11.7. The summed E-state index contributed by atoms with van der Waals surface area (Å²) in [6.07, 6.45) is 4.62. The molecule has 0 bridgehead atoms. The molecular weight excluding hydrogens is 478 g/mol. The zero-order chi connectivity index (χ0) is 26.5. The van der Waals surface area contributed by atoms with Crippen molar-refractivity contribution in [3.05, 3.63) is 78.6 Å². The Balaban J connectivity index is 1.34. The molecule has 9 heteroatoms. The van der Waals surface area contributed by atoms with Crippen LogP contribution in [0, 0.1) is 0 Å². The first-order chi connectivity index (χ1) is 18.5. The van der Waals surface area contributed by atoms with E-state index in [1.807, 2.05) is 42.6 Å². The van der Waals surface area contributed by atoms with Gasteiger partial charge in [-0.3, -0.25) is 4.79 Å². The second-order valence-corrected chi connectivity index (χ2v) is 9.43. The molecule has 0 unspecified atom stereocenters. The molecule has 0 radical (unpaired) electrons. The van der Waals surface area contributed by atoms with E-state index in [9.17, 15) is 4.79 Å². The van der Waals surface area contributed by atoms with Crippen LogP contribution in [-0.2, 0) is 17.6 Å². The van der Waals surface area contributed by atoms with Crippen LogP contribution in [0.3, 0.4) is 0 Å². The highest BCUT2D eigenvalue weighted by molar-refractivity contribution is 5.98. The van der Waals surface area contributed by atoms with E-state index in [0.29, 0.717) is 12.4 Å². The number of rotatable bonds is 9. The number of H-pyrrole nitrogens is 1. The molecule has 0 saturated carbocycles. The SMILES string of the molecule is C=CC(=O)Nc1cccc(CCc2nc(Nc3ccc(N4CCN(C)CC4)cc3OC)nc3[nH]ccc23)c1. The summed E-state index contributed by atoms with van der Waals surface area (Å²) in [6.45, 7) is 7.58. The first-order valence-corrected chi connectivity index (χ1v) is 12.8. The zero-order valence-electron chi connectivity index (χ0n) is 21.8. The van der Waals surface area contributed by atoms with Gasteiger partial charge in [0.25, 0.3) is 0 Å². The number of benzene rings is 2. The van der Waals surface area contributed by atoms with Crippen LogP contribution in [0.25, 0.3) is 11.0 Å². The molecule has 1 amide bonds. The van der Waals surface area contributed by atoms with Crippen molar-refractivity contribution in [1.82, 2.24) is 19.9 Å². The summed E-state index contributed by atoms with van der Waals surface area (Å²) in [7, 11) is 3.83. The third kappa shape index (κ3) is 5.78. The summed E-state index contributed by atoms with van der Waals surface area (Å²) < 4.78 is 5.73. The Morgan fingerprint density at radius 2 is 1.95 bits per heavy atom. The normalized spacial score (nSPS) is 13.9. The fourth-order valence-corrected chi connectivity index (χ4v) is 4.68. The molecule has 1 aliphatic rings. The predicted molar refractivity (Wildman–Crippen MR) is 153 cm³/mol. The smallest absolute Gasteiger partial charge is 0.247 e. The first-order valence-electron chi connectivity index (χ1n) is 12.8. The van der Waals surface area contributed by atoms with Gasteiger partial charge in [-0.25, -0.2) is 4.98 Å². The van der Waals surface area contributed by atoms with Crippen LogP contribution in [0.15, 0.2) is 67.4 Å². The molecule has 1 saturated heterocycles. The molecule has 196 valence electrons. The van der Waals surface area contributed by atoms with E-state index in [-0.39, 0.29) is 5.91 Å². The summed E-state index contributed by atoms with van der Waals surface area (Å²) >= 11 is 0. The number of piperazine rings is 1. The standard InChI is InChI=1S/C29H33N7O2/c1-4-27(37)31-21-7-5-6-20(18-21)8-10-24-23-12-13-30-28(23)34-29(32-24)33-25-11-9-22(19-26(25)38-3)36-16-14-35(2)15-17-36/h4-7,9,11-13,18-19H,1,8,10,14-17H2,2-3H3,(H,31,37)(H2,30,32,33,34). The molecule has 3 heterocycles. The van der Waals surface area contributed by atoms with Gasteiger partial charge in [-0.2, -0.15) is 4.98 Å². The summed E-state index contributed by atoms with van der Waals surface area (Å²) in [5.41, 5.74) is 5.52. The Morgan fingerprint density at radius 1 is 1.11 bits per heavy atom. The van der Waals surface area contributed by atoms with E-state index < -0.39 is 0 Å². The molecule has 38 heavy (non-hydrogen) atoms. The van der Waals surface area contributed by atoms with Gasteiger partial charge in [0.15, 0.2) is 0 Å². The van der Waals surface area contributed by atoms with E-state index in [0.717, 1.165) is 77.7 Å². The fraction of sp³-hybridized carbons (Fsp3) is 0.276. The highest BCUT2D eigenvalue weighted by Gasteiger charge is 2.17. The van der Waals surface area contributed by atoms with Crippen molar-refractivity contribution in [1.29, 1.82) is 0 Å². The number of likely N-dealkylation sites (N-methyl/N-ethyl adjacent to an activating group) is 1. The van der Waals surface area contributed by atoms with Gasteiger partial charge in [0.2, 0.25) is 11.9 Å². The van der Waals surface area contributed by atoms with Crippen LogP contribution >= 0.6 is 0 Å².